The van der Waals surface area contributed by atoms with E-state index >= 15 is 0 Å². The van der Waals surface area contributed by atoms with Crippen LogP contribution in [-0.4, -0.2) is 63.2 Å². The summed E-state index contributed by atoms with van der Waals surface area (Å²) in [6.07, 6.45) is 1.23. The second kappa shape index (κ2) is 7.51. The summed E-state index contributed by atoms with van der Waals surface area (Å²) in [5.74, 6) is 0. The minimum absolute atomic E-state index is 0.637. The van der Waals surface area contributed by atoms with Crippen LogP contribution in [-0.2, 0) is 0 Å². The molecule has 0 unspecified atom stereocenters. The standard InChI is InChI=1S/C15H23Cl2N3/c1-18(2)7-4-8-19-9-11-20(12-10-19)14-6-3-5-13(16)15(14)17/h3,5-6H,4,7-12H2,1-2H3. The topological polar surface area (TPSA) is 9.72 Å². The molecule has 1 fully saturated rings. The Morgan fingerprint density at radius 1 is 1.10 bits per heavy atom. The third kappa shape index (κ3) is 4.26. The van der Waals surface area contributed by atoms with Crippen LogP contribution in [0.3, 0.4) is 0 Å². The molecular formula is C15H23Cl2N3. The average molecular weight is 316 g/mol. The van der Waals surface area contributed by atoms with Gasteiger partial charge in [0.15, 0.2) is 0 Å². The predicted octanol–water partition coefficient (Wildman–Crippen LogP) is 3.07. The Kier molecular flexibility index (Phi) is 5.97. The largest absolute Gasteiger partial charge is 0.368 e. The number of hydrogen-bond acceptors (Lipinski definition) is 3. The van der Waals surface area contributed by atoms with Gasteiger partial charge in [-0.2, -0.15) is 0 Å². The maximum absolute atomic E-state index is 6.29. The number of benzene rings is 1. The molecule has 1 saturated heterocycles. The summed E-state index contributed by atoms with van der Waals surface area (Å²) in [5.41, 5.74) is 1.06. The minimum atomic E-state index is 0.637. The lowest BCUT2D eigenvalue weighted by molar-refractivity contribution is 0.242. The van der Waals surface area contributed by atoms with Crippen LogP contribution in [0.25, 0.3) is 0 Å². The molecule has 1 aliphatic rings. The first-order valence-electron chi connectivity index (χ1n) is 7.14. The summed E-state index contributed by atoms with van der Waals surface area (Å²) < 4.78 is 0. The molecule has 0 spiro atoms. The van der Waals surface area contributed by atoms with E-state index in [1.54, 1.807) is 0 Å². The van der Waals surface area contributed by atoms with Gasteiger partial charge in [-0.05, 0) is 45.7 Å². The van der Waals surface area contributed by atoms with E-state index in [9.17, 15) is 0 Å². The van der Waals surface area contributed by atoms with Gasteiger partial charge in [-0.25, -0.2) is 0 Å². The summed E-state index contributed by atoms with van der Waals surface area (Å²) >= 11 is 12.4. The SMILES string of the molecule is CN(C)CCCN1CCN(c2cccc(Cl)c2Cl)CC1. The molecule has 1 aromatic rings. The van der Waals surface area contributed by atoms with Gasteiger partial charge in [0.05, 0.1) is 15.7 Å². The molecule has 3 nitrogen and oxygen atoms in total. The zero-order chi connectivity index (χ0) is 14.5. The quantitative estimate of drug-likeness (QED) is 0.827. The molecule has 1 aliphatic heterocycles. The van der Waals surface area contributed by atoms with E-state index in [-0.39, 0.29) is 0 Å². The fourth-order valence-corrected chi connectivity index (χ4v) is 2.97. The molecule has 0 radical (unpaired) electrons. The van der Waals surface area contributed by atoms with Gasteiger partial charge in [-0.3, -0.25) is 4.90 Å². The minimum Gasteiger partial charge on any atom is -0.368 e. The fraction of sp³-hybridized carbons (Fsp3) is 0.600. The fourth-order valence-electron chi connectivity index (χ4n) is 2.56. The zero-order valence-corrected chi connectivity index (χ0v) is 13.8. The van der Waals surface area contributed by atoms with E-state index in [0.29, 0.717) is 10.0 Å². The highest BCUT2D eigenvalue weighted by Gasteiger charge is 2.19. The molecule has 112 valence electrons. The lowest BCUT2D eigenvalue weighted by Crippen LogP contribution is -2.47. The second-order valence-corrected chi connectivity index (χ2v) is 6.34. The Labute approximate surface area is 132 Å². The Morgan fingerprint density at radius 2 is 1.80 bits per heavy atom. The monoisotopic (exact) mass is 315 g/mol. The highest BCUT2D eigenvalue weighted by atomic mass is 35.5. The Balaban J connectivity index is 1.83. The van der Waals surface area contributed by atoms with Crippen LogP contribution in [0, 0.1) is 0 Å². The van der Waals surface area contributed by atoms with Crippen molar-refractivity contribution in [3.05, 3.63) is 28.2 Å². The van der Waals surface area contributed by atoms with Crippen molar-refractivity contribution in [3.8, 4) is 0 Å². The second-order valence-electron chi connectivity index (χ2n) is 5.56. The number of nitrogens with zero attached hydrogens (tertiary/aromatic N) is 3. The highest BCUT2D eigenvalue weighted by Crippen LogP contribution is 2.32. The molecule has 0 saturated carbocycles. The number of anilines is 1. The van der Waals surface area contributed by atoms with E-state index in [1.165, 1.54) is 13.0 Å². The van der Waals surface area contributed by atoms with Crippen molar-refractivity contribution >= 4 is 28.9 Å². The van der Waals surface area contributed by atoms with Crippen LogP contribution in [0.5, 0.6) is 0 Å². The van der Waals surface area contributed by atoms with Crippen LogP contribution in [0.2, 0.25) is 10.0 Å². The van der Waals surface area contributed by atoms with Gasteiger partial charge in [-0.15, -0.1) is 0 Å². The van der Waals surface area contributed by atoms with E-state index in [1.807, 2.05) is 12.1 Å². The van der Waals surface area contributed by atoms with Crippen LogP contribution >= 0.6 is 23.2 Å². The predicted molar refractivity (Wildman–Crippen MR) is 88.3 cm³/mol. The molecule has 0 aliphatic carbocycles. The first-order chi connectivity index (χ1) is 9.58. The third-order valence-electron chi connectivity index (χ3n) is 3.72. The molecule has 0 aromatic heterocycles. The Hall–Kier alpha value is -0.480. The van der Waals surface area contributed by atoms with Crippen molar-refractivity contribution in [3.63, 3.8) is 0 Å². The maximum Gasteiger partial charge on any atom is 0.0825 e. The summed E-state index contributed by atoms with van der Waals surface area (Å²) in [6.45, 7) is 6.55. The normalized spacial score (nSPS) is 16.9. The van der Waals surface area contributed by atoms with Gasteiger partial charge in [0.25, 0.3) is 0 Å². The summed E-state index contributed by atoms with van der Waals surface area (Å²) in [4.78, 5) is 7.09. The van der Waals surface area contributed by atoms with Crippen molar-refractivity contribution < 1.29 is 0 Å². The lowest BCUT2D eigenvalue weighted by atomic mass is 10.2. The van der Waals surface area contributed by atoms with Gasteiger partial charge in [0.1, 0.15) is 0 Å². The zero-order valence-electron chi connectivity index (χ0n) is 12.3. The first-order valence-corrected chi connectivity index (χ1v) is 7.89. The molecule has 1 aromatic carbocycles. The first kappa shape index (κ1) is 15.9. The molecule has 5 heteroatoms. The Morgan fingerprint density at radius 3 is 2.45 bits per heavy atom. The van der Waals surface area contributed by atoms with Gasteiger partial charge in [-0.1, -0.05) is 29.3 Å². The maximum atomic E-state index is 6.29. The summed E-state index contributed by atoms with van der Waals surface area (Å²) in [7, 11) is 4.25. The smallest absolute Gasteiger partial charge is 0.0825 e. The average Bonchev–Trinajstić information content (AvgIpc) is 2.42. The number of rotatable bonds is 5. The summed E-state index contributed by atoms with van der Waals surface area (Å²) in [6, 6.07) is 5.85. The van der Waals surface area contributed by atoms with Crippen LogP contribution < -0.4 is 4.90 Å². The Bertz CT molecular complexity index is 429. The van der Waals surface area contributed by atoms with E-state index < -0.39 is 0 Å². The van der Waals surface area contributed by atoms with Gasteiger partial charge < -0.3 is 9.80 Å². The van der Waals surface area contributed by atoms with Crippen molar-refractivity contribution in [2.24, 2.45) is 0 Å². The van der Waals surface area contributed by atoms with Gasteiger partial charge in [0.2, 0.25) is 0 Å². The van der Waals surface area contributed by atoms with Crippen molar-refractivity contribution in [1.29, 1.82) is 0 Å². The number of hydrogen-bond donors (Lipinski definition) is 0. The van der Waals surface area contributed by atoms with E-state index in [2.05, 4.69) is 34.9 Å². The molecule has 0 amide bonds. The molecular weight excluding hydrogens is 293 g/mol. The molecule has 0 N–H and O–H groups in total. The molecule has 0 atom stereocenters. The number of piperazine rings is 1. The van der Waals surface area contributed by atoms with Crippen molar-refractivity contribution in [1.82, 2.24) is 9.80 Å². The third-order valence-corrected chi connectivity index (χ3v) is 4.53. The summed E-state index contributed by atoms with van der Waals surface area (Å²) in [5, 5.41) is 1.31. The number of halogens is 2. The molecule has 2 rings (SSSR count). The lowest BCUT2D eigenvalue weighted by Gasteiger charge is -2.36. The van der Waals surface area contributed by atoms with Gasteiger partial charge >= 0.3 is 0 Å². The molecule has 1 heterocycles. The van der Waals surface area contributed by atoms with Crippen LogP contribution in [0.4, 0.5) is 5.69 Å². The van der Waals surface area contributed by atoms with Gasteiger partial charge in [0, 0.05) is 26.2 Å². The molecule has 0 bridgehead atoms. The van der Waals surface area contributed by atoms with E-state index in [4.69, 9.17) is 23.2 Å². The highest BCUT2D eigenvalue weighted by molar-refractivity contribution is 6.43. The van der Waals surface area contributed by atoms with Crippen molar-refractivity contribution in [2.75, 3.05) is 58.3 Å². The molecule has 20 heavy (non-hydrogen) atoms. The van der Waals surface area contributed by atoms with Crippen LogP contribution in [0.1, 0.15) is 6.42 Å². The van der Waals surface area contributed by atoms with E-state index in [0.717, 1.165) is 38.4 Å². The van der Waals surface area contributed by atoms with Crippen LogP contribution in [0.15, 0.2) is 18.2 Å². The van der Waals surface area contributed by atoms with Crippen molar-refractivity contribution in [2.45, 2.75) is 6.42 Å².